The highest BCUT2D eigenvalue weighted by molar-refractivity contribution is 7.99. The molecular weight excluding hydrogens is 394 g/mol. The highest BCUT2D eigenvalue weighted by atomic mass is 32.2. The highest BCUT2D eigenvalue weighted by Gasteiger charge is 2.12. The lowest BCUT2D eigenvalue weighted by Gasteiger charge is -2.10. The number of aromatic nitrogens is 2. The average molecular weight is 416 g/mol. The number of hydrogen-bond acceptors (Lipinski definition) is 5. The Morgan fingerprint density at radius 1 is 1.00 bits per heavy atom. The first-order chi connectivity index (χ1) is 14.7. The third kappa shape index (κ3) is 5.15. The van der Waals surface area contributed by atoms with Crippen LogP contribution in [0.4, 0.5) is 5.69 Å². The summed E-state index contributed by atoms with van der Waals surface area (Å²) in [4.78, 5) is 19.0. The van der Waals surface area contributed by atoms with Crippen molar-refractivity contribution in [3.05, 3.63) is 90.3 Å². The maximum atomic E-state index is 12.5. The van der Waals surface area contributed by atoms with Crippen LogP contribution in [-0.4, -0.2) is 16.0 Å². The standard InChI is InChI=1S/C24H21N3O2S/c1-17-8-7-9-18(16-17)24-26-23(29-27-24)15-14-22(28)25-20-12-5-6-13-21(20)30-19-10-3-2-4-11-19/h2-13,16H,14-15H2,1H3,(H,25,28). The van der Waals surface area contributed by atoms with Crippen LogP contribution in [0.5, 0.6) is 0 Å². The lowest BCUT2D eigenvalue weighted by molar-refractivity contribution is -0.116. The topological polar surface area (TPSA) is 68.0 Å². The van der Waals surface area contributed by atoms with Crippen molar-refractivity contribution in [3.8, 4) is 11.4 Å². The molecular formula is C24H21N3O2S. The van der Waals surface area contributed by atoms with E-state index in [4.69, 9.17) is 4.52 Å². The second kappa shape index (κ2) is 9.41. The summed E-state index contributed by atoms with van der Waals surface area (Å²) in [5.41, 5.74) is 2.83. The number of rotatable bonds is 7. The van der Waals surface area contributed by atoms with Crippen molar-refractivity contribution < 1.29 is 9.32 Å². The Labute approximate surface area is 179 Å². The molecule has 4 rings (SSSR count). The van der Waals surface area contributed by atoms with Crippen LogP contribution in [0.2, 0.25) is 0 Å². The molecule has 6 heteroatoms. The van der Waals surface area contributed by atoms with Crippen LogP contribution in [0, 0.1) is 6.92 Å². The molecule has 1 heterocycles. The summed E-state index contributed by atoms with van der Waals surface area (Å²) in [6, 6.07) is 25.8. The van der Waals surface area contributed by atoms with Gasteiger partial charge >= 0.3 is 0 Å². The molecule has 1 amide bonds. The first-order valence-electron chi connectivity index (χ1n) is 9.69. The SMILES string of the molecule is Cc1cccc(-c2noc(CCC(=O)Nc3ccccc3Sc3ccccc3)n2)c1. The summed E-state index contributed by atoms with van der Waals surface area (Å²) in [5, 5.41) is 7.03. The summed E-state index contributed by atoms with van der Waals surface area (Å²) < 4.78 is 5.32. The fraction of sp³-hybridized carbons (Fsp3) is 0.125. The number of benzene rings is 3. The van der Waals surface area contributed by atoms with Gasteiger partial charge < -0.3 is 9.84 Å². The van der Waals surface area contributed by atoms with Crippen LogP contribution in [0.15, 0.2) is 93.2 Å². The fourth-order valence-electron chi connectivity index (χ4n) is 2.97. The zero-order valence-corrected chi connectivity index (χ0v) is 17.4. The Bertz CT molecular complexity index is 1140. The number of amides is 1. The summed E-state index contributed by atoms with van der Waals surface area (Å²) in [6.07, 6.45) is 0.651. The molecule has 0 aliphatic heterocycles. The minimum Gasteiger partial charge on any atom is -0.339 e. The minimum atomic E-state index is -0.0913. The number of aryl methyl sites for hydroxylation is 2. The summed E-state index contributed by atoms with van der Waals surface area (Å²) in [6.45, 7) is 2.02. The van der Waals surface area contributed by atoms with Crippen molar-refractivity contribution in [3.63, 3.8) is 0 Å². The molecule has 0 saturated heterocycles. The van der Waals surface area contributed by atoms with E-state index in [1.54, 1.807) is 11.8 Å². The van der Waals surface area contributed by atoms with E-state index in [-0.39, 0.29) is 12.3 Å². The van der Waals surface area contributed by atoms with E-state index in [0.717, 1.165) is 26.6 Å². The van der Waals surface area contributed by atoms with Gasteiger partial charge in [-0.2, -0.15) is 4.98 Å². The van der Waals surface area contributed by atoms with Crippen molar-refractivity contribution in [2.45, 2.75) is 29.6 Å². The van der Waals surface area contributed by atoms with E-state index in [1.165, 1.54) is 0 Å². The predicted octanol–water partition coefficient (Wildman–Crippen LogP) is 5.77. The van der Waals surface area contributed by atoms with E-state index in [0.29, 0.717) is 18.1 Å². The van der Waals surface area contributed by atoms with Gasteiger partial charge in [0.15, 0.2) is 0 Å². The van der Waals surface area contributed by atoms with Crippen LogP contribution >= 0.6 is 11.8 Å². The molecule has 30 heavy (non-hydrogen) atoms. The minimum absolute atomic E-state index is 0.0913. The molecule has 0 spiro atoms. The Kier molecular flexibility index (Phi) is 6.25. The zero-order chi connectivity index (χ0) is 20.8. The first-order valence-corrected chi connectivity index (χ1v) is 10.5. The van der Waals surface area contributed by atoms with Gasteiger partial charge in [-0.05, 0) is 37.3 Å². The maximum absolute atomic E-state index is 12.5. The number of nitrogens with one attached hydrogen (secondary N) is 1. The van der Waals surface area contributed by atoms with Gasteiger partial charge in [-0.15, -0.1) is 0 Å². The van der Waals surface area contributed by atoms with Gasteiger partial charge in [0.25, 0.3) is 0 Å². The third-order valence-electron chi connectivity index (χ3n) is 4.44. The number of carbonyl (C=O) groups is 1. The summed E-state index contributed by atoms with van der Waals surface area (Å²) in [7, 11) is 0. The lowest BCUT2D eigenvalue weighted by Crippen LogP contribution is -2.13. The van der Waals surface area contributed by atoms with Crippen molar-refractivity contribution in [2.24, 2.45) is 0 Å². The Morgan fingerprint density at radius 2 is 1.80 bits per heavy atom. The predicted molar refractivity (Wildman–Crippen MR) is 118 cm³/mol. The monoisotopic (exact) mass is 415 g/mol. The first kappa shape index (κ1) is 19.9. The van der Waals surface area contributed by atoms with Crippen LogP contribution < -0.4 is 5.32 Å². The van der Waals surface area contributed by atoms with Gasteiger partial charge in [0.1, 0.15) is 0 Å². The summed E-state index contributed by atoms with van der Waals surface area (Å²) >= 11 is 1.62. The third-order valence-corrected chi connectivity index (χ3v) is 5.53. The lowest BCUT2D eigenvalue weighted by atomic mass is 10.1. The average Bonchev–Trinajstić information content (AvgIpc) is 3.24. The second-order valence-corrected chi connectivity index (χ2v) is 7.96. The number of nitrogens with zero attached hydrogens (tertiary/aromatic N) is 2. The molecule has 0 saturated carbocycles. The van der Waals surface area contributed by atoms with Gasteiger partial charge in [0, 0.05) is 28.2 Å². The molecule has 150 valence electrons. The molecule has 5 nitrogen and oxygen atoms in total. The van der Waals surface area contributed by atoms with Gasteiger partial charge in [-0.25, -0.2) is 0 Å². The van der Waals surface area contributed by atoms with E-state index in [1.807, 2.05) is 85.8 Å². The fourth-order valence-corrected chi connectivity index (χ4v) is 3.89. The van der Waals surface area contributed by atoms with E-state index in [2.05, 4.69) is 15.5 Å². The highest BCUT2D eigenvalue weighted by Crippen LogP contribution is 2.33. The zero-order valence-electron chi connectivity index (χ0n) is 16.5. The van der Waals surface area contributed by atoms with Gasteiger partial charge in [-0.1, -0.05) is 71.0 Å². The quantitative estimate of drug-likeness (QED) is 0.415. The Morgan fingerprint density at radius 3 is 2.63 bits per heavy atom. The molecule has 0 radical (unpaired) electrons. The molecule has 3 aromatic carbocycles. The van der Waals surface area contributed by atoms with E-state index < -0.39 is 0 Å². The largest absolute Gasteiger partial charge is 0.339 e. The summed E-state index contributed by atoms with van der Waals surface area (Å²) in [5.74, 6) is 0.902. The van der Waals surface area contributed by atoms with E-state index >= 15 is 0 Å². The Balaban J connectivity index is 1.37. The van der Waals surface area contributed by atoms with Crippen LogP contribution in [0.1, 0.15) is 17.9 Å². The smallest absolute Gasteiger partial charge is 0.227 e. The maximum Gasteiger partial charge on any atom is 0.227 e. The van der Waals surface area contributed by atoms with Gasteiger partial charge in [0.2, 0.25) is 17.6 Å². The molecule has 0 unspecified atom stereocenters. The van der Waals surface area contributed by atoms with Gasteiger partial charge in [-0.3, -0.25) is 4.79 Å². The van der Waals surface area contributed by atoms with Crippen molar-refractivity contribution in [2.75, 3.05) is 5.32 Å². The van der Waals surface area contributed by atoms with E-state index in [9.17, 15) is 4.79 Å². The van der Waals surface area contributed by atoms with Crippen molar-refractivity contribution >= 4 is 23.4 Å². The number of para-hydroxylation sites is 1. The molecule has 4 aromatic rings. The molecule has 0 aliphatic rings. The van der Waals surface area contributed by atoms with Crippen LogP contribution in [-0.2, 0) is 11.2 Å². The molecule has 0 atom stereocenters. The Hall–Kier alpha value is -3.38. The molecule has 0 fully saturated rings. The molecule has 0 bridgehead atoms. The van der Waals surface area contributed by atoms with Crippen molar-refractivity contribution in [1.82, 2.24) is 10.1 Å². The molecule has 1 aromatic heterocycles. The van der Waals surface area contributed by atoms with Crippen LogP contribution in [0.25, 0.3) is 11.4 Å². The normalized spacial score (nSPS) is 10.7. The van der Waals surface area contributed by atoms with Crippen LogP contribution in [0.3, 0.4) is 0 Å². The number of carbonyl (C=O) groups excluding carboxylic acids is 1. The van der Waals surface area contributed by atoms with Gasteiger partial charge in [0.05, 0.1) is 5.69 Å². The molecule has 0 aliphatic carbocycles. The second-order valence-electron chi connectivity index (χ2n) is 6.84. The number of anilines is 1. The van der Waals surface area contributed by atoms with Crippen molar-refractivity contribution in [1.29, 1.82) is 0 Å². The number of hydrogen-bond donors (Lipinski definition) is 1. The molecule has 1 N–H and O–H groups in total.